The van der Waals surface area contributed by atoms with Crippen LogP contribution < -0.4 is 5.73 Å². The van der Waals surface area contributed by atoms with E-state index in [1.165, 1.54) is 32.1 Å². The summed E-state index contributed by atoms with van der Waals surface area (Å²) in [6.45, 7) is 0. The van der Waals surface area contributed by atoms with Crippen molar-refractivity contribution in [3.63, 3.8) is 0 Å². The van der Waals surface area contributed by atoms with E-state index in [-0.39, 0.29) is 0 Å². The van der Waals surface area contributed by atoms with E-state index >= 15 is 0 Å². The summed E-state index contributed by atoms with van der Waals surface area (Å²) in [6.07, 6.45) is 9.18. The number of nitrogens with two attached hydrogens (primary N) is 1. The minimum atomic E-state index is 0.585. The monoisotopic (exact) mass is 275 g/mol. The van der Waals surface area contributed by atoms with Gasteiger partial charge in [-0.05, 0) is 62.0 Å². The maximum absolute atomic E-state index is 5.96. The third-order valence-corrected chi connectivity index (χ3v) is 6.10. The molecule has 0 aromatic carbocycles. The number of nitrogens with zero attached hydrogens (tertiary/aromatic N) is 2. The van der Waals surface area contributed by atoms with Gasteiger partial charge in [0, 0.05) is 12.0 Å². The summed E-state index contributed by atoms with van der Waals surface area (Å²) in [6, 6.07) is 1.89. The molecule has 5 rings (SSSR count). The average Bonchev–Trinajstić information content (AvgIpc) is 2.36. The first kappa shape index (κ1) is 12.0. The number of hydrogen-bond donors (Lipinski definition) is 1. The summed E-state index contributed by atoms with van der Waals surface area (Å²) in [4.78, 5) is 9.35. The third kappa shape index (κ3) is 1.95. The molecule has 1 aromatic heterocycles. The zero-order valence-electron chi connectivity index (χ0n) is 11.4. The summed E-state index contributed by atoms with van der Waals surface area (Å²) in [7, 11) is 0. The van der Waals surface area contributed by atoms with Gasteiger partial charge < -0.3 is 5.73 Å². The van der Waals surface area contributed by atoms with Crippen molar-refractivity contribution < 1.29 is 0 Å². The molecular weight excluding hydrogens is 254 g/mol. The number of anilines is 1. The minimum Gasteiger partial charge on any atom is -0.384 e. The van der Waals surface area contributed by atoms with E-state index in [4.69, 9.17) is 10.7 Å². The number of thioether (sulfide) groups is 1. The van der Waals surface area contributed by atoms with Gasteiger partial charge in [-0.1, -0.05) is 0 Å². The maximum atomic E-state index is 5.96. The Morgan fingerprint density at radius 3 is 2.26 bits per heavy atom. The maximum Gasteiger partial charge on any atom is 0.135 e. The highest BCUT2D eigenvalue weighted by molar-refractivity contribution is 7.98. The van der Waals surface area contributed by atoms with Crippen molar-refractivity contribution in [1.82, 2.24) is 9.97 Å². The summed E-state index contributed by atoms with van der Waals surface area (Å²) in [5.41, 5.74) is 5.96. The standard InChI is InChI=1S/C15H21N3S/c1-19-13-7-12(16)17-15(18-13)14-10-3-8-2-9(5-10)6-11(14)4-8/h7-11,14H,2-6H2,1H3,(H2,16,17,18). The molecule has 102 valence electrons. The van der Waals surface area contributed by atoms with Crippen molar-refractivity contribution >= 4 is 17.6 Å². The fourth-order valence-electron chi connectivity index (χ4n) is 5.06. The summed E-state index contributed by atoms with van der Waals surface area (Å²) >= 11 is 1.67. The van der Waals surface area contributed by atoms with Crippen LogP contribution >= 0.6 is 11.8 Å². The first-order valence-corrected chi connectivity index (χ1v) is 8.64. The lowest BCUT2D eigenvalue weighted by Crippen LogP contribution is -2.44. The van der Waals surface area contributed by atoms with E-state index in [1.807, 2.05) is 6.07 Å². The molecule has 0 atom stereocenters. The molecule has 0 saturated heterocycles. The molecule has 4 aliphatic rings. The number of rotatable bonds is 2. The molecular formula is C15H21N3S. The second-order valence-corrected chi connectivity index (χ2v) is 7.48. The van der Waals surface area contributed by atoms with Crippen LogP contribution in [0.15, 0.2) is 11.1 Å². The minimum absolute atomic E-state index is 0.585. The van der Waals surface area contributed by atoms with Crippen molar-refractivity contribution in [3.05, 3.63) is 11.9 Å². The summed E-state index contributed by atoms with van der Waals surface area (Å²) in [5, 5.41) is 1.02. The Hall–Kier alpha value is -0.770. The van der Waals surface area contributed by atoms with Gasteiger partial charge >= 0.3 is 0 Å². The van der Waals surface area contributed by atoms with Gasteiger partial charge in [-0.15, -0.1) is 11.8 Å². The fraction of sp³-hybridized carbons (Fsp3) is 0.733. The van der Waals surface area contributed by atoms with Crippen LogP contribution in [-0.2, 0) is 0 Å². The molecule has 0 amide bonds. The Morgan fingerprint density at radius 2 is 1.68 bits per heavy atom. The van der Waals surface area contributed by atoms with Crippen LogP contribution in [0.3, 0.4) is 0 Å². The molecule has 1 heterocycles. The van der Waals surface area contributed by atoms with E-state index in [0.29, 0.717) is 11.7 Å². The van der Waals surface area contributed by atoms with Crippen molar-refractivity contribution in [1.29, 1.82) is 0 Å². The Balaban J connectivity index is 1.70. The van der Waals surface area contributed by atoms with Crippen molar-refractivity contribution in [2.75, 3.05) is 12.0 Å². The molecule has 4 bridgehead atoms. The lowest BCUT2D eigenvalue weighted by atomic mass is 9.51. The van der Waals surface area contributed by atoms with Crippen molar-refractivity contribution in [2.24, 2.45) is 23.7 Å². The predicted octanol–water partition coefficient (Wildman–Crippen LogP) is 3.32. The van der Waals surface area contributed by atoms with Crippen LogP contribution in [0.1, 0.15) is 43.8 Å². The number of hydrogen-bond acceptors (Lipinski definition) is 4. The summed E-state index contributed by atoms with van der Waals surface area (Å²) in [5.74, 6) is 5.92. The fourth-order valence-corrected chi connectivity index (χ4v) is 5.49. The largest absolute Gasteiger partial charge is 0.384 e. The zero-order chi connectivity index (χ0) is 13.0. The highest BCUT2D eigenvalue weighted by Gasteiger charge is 2.49. The van der Waals surface area contributed by atoms with Gasteiger partial charge in [0.05, 0.1) is 0 Å². The number of aromatic nitrogens is 2. The lowest BCUT2D eigenvalue weighted by Gasteiger charge is -2.53. The van der Waals surface area contributed by atoms with Gasteiger partial charge in [-0.25, -0.2) is 9.97 Å². The molecule has 0 unspecified atom stereocenters. The molecule has 0 aliphatic heterocycles. The molecule has 19 heavy (non-hydrogen) atoms. The van der Waals surface area contributed by atoms with Gasteiger partial charge in [0.1, 0.15) is 16.7 Å². The molecule has 2 N–H and O–H groups in total. The highest BCUT2D eigenvalue weighted by Crippen LogP contribution is 2.59. The van der Waals surface area contributed by atoms with Gasteiger partial charge in [0.2, 0.25) is 0 Å². The van der Waals surface area contributed by atoms with Crippen molar-refractivity contribution in [3.8, 4) is 0 Å². The molecule has 4 saturated carbocycles. The average molecular weight is 275 g/mol. The Morgan fingerprint density at radius 1 is 1.05 bits per heavy atom. The summed E-state index contributed by atoms with van der Waals surface area (Å²) < 4.78 is 0. The second kappa shape index (κ2) is 4.37. The van der Waals surface area contributed by atoms with Gasteiger partial charge in [-0.3, -0.25) is 0 Å². The predicted molar refractivity (Wildman–Crippen MR) is 78.0 cm³/mol. The van der Waals surface area contributed by atoms with Crippen LogP contribution in [-0.4, -0.2) is 16.2 Å². The van der Waals surface area contributed by atoms with E-state index < -0.39 is 0 Å². The van der Waals surface area contributed by atoms with Gasteiger partial charge in [-0.2, -0.15) is 0 Å². The third-order valence-electron chi connectivity index (χ3n) is 5.47. The molecule has 4 fully saturated rings. The lowest BCUT2D eigenvalue weighted by molar-refractivity contribution is -0.00579. The van der Waals surface area contributed by atoms with Crippen LogP contribution in [0.5, 0.6) is 0 Å². The van der Waals surface area contributed by atoms with E-state index in [2.05, 4.69) is 11.2 Å². The molecule has 3 nitrogen and oxygen atoms in total. The van der Waals surface area contributed by atoms with Gasteiger partial charge in [0.25, 0.3) is 0 Å². The Kier molecular flexibility index (Phi) is 2.76. The quantitative estimate of drug-likeness (QED) is 0.664. The highest BCUT2D eigenvalue weighted by atomic mass is 32.2. The first-order valence-electron chi connectivity index (χ1n) is 7.41. The molecule has 4 heteroatoms. The SMILES string of the molecule is CSc1cc(N)nc(C2C3CC4CC(C3)CC2C4)n1. The first-order chi connectivity index (χ1) is 9.22. The van der Waals surface area contributed by atoms with E-state index in [0.717, 1.165) is 34.5 Å². The van der Waals surface area contributed by atoms with E-state index in [9.17, 15) is 0 Å². The second-order valence-electron chi connectivity index (χ2n) is 6.65. The molecule has 1 aromatic rings. The van der Waals surface area contributed by atoms with Crippen LogP contribution in [0.2, 0.25) is 0 Å². The van der Waals surface area contributed by atoms with Crippen LogP contribution in [0.25, 0.3) is 0 Å². The smallest absolute Gasteiger partial charge is 0.135 e. The topological polar surface area (TPSA) is 51.8 Å². The normalized spacial score (nSPS) is 39.7. The molecule has 0 spiro atoms. The van der Waals surface area contributed by atoms with Gasteiger partial charge in [0.15, 0.2) is 0 Å². The Bertz CT molecular complexity index is 474. The Labute approximate surface area is 118 Å². The van der Waals surface area contributed by atoms with Crippen molar-refractivity contribution in [2.45, 2.75) is 43.0 Å². The molecule has 0 radical (unpaired) electrons. The number of nitrogen functional groups attached to an aromatic ring is 1. The van der Waals surface area contributed by atoms with E-state index in [1.54, 1.807) is 11.8 Å². The zero-order valence-corrected chi connectivity index (χ0v) is 12.2. The van der Waals surface area contributed by atoms with Crippen LogP contribution in [0, 0.1) is 23.7 Å². The van der Waals surface area contributed by atoms with Crippen LogP contribution in [0.4, 0.5) is 5.82 Å². The molecule has 4 aliphatic carbocycles.